The Hall–Kier alpha value is -0.470. The highest BCUT2D eigenvalue weighted by molar-refractivity contribution is 7.98. The summed E-state index contributed by atoms with van der Waals surface area (Å²) in [6, 6.07) is 9.34. The topological polar surface area (TPSA) is 12.0 Å². The molecule has 114 valence electrons. The zero-order valence-corrected chi connectivity index (χ0v) is 14.6. The molecule has 0 aromatic heterocycles. The molecule has 0 aliphatic rings. The summed E-state index contributed by atoms with van der Waals surface area (Å²) < 4.78 is 0. The summed E-state index contributed by atoms with van der Waals surface area (Å²) in [7, 11) is 0. The van der Waals surface area contributed by atoms with Crippen LogP contribution in [0.2, 0.25) is 0 Å². The fourth-order valence-electron chi connectivity index (χ4n) is 2.38. The molecular weight excluding hydrogens is 262 g/mol. The first-order valence-electron chi connectivity index (χ1n) is 7.86. The third-order valence-corrected chi connectivity index (χ3v) is 4.70. The van der Waals surface area contributed by atoms with E-state index in [2.05, 4.69) is 63.5 Å². The fraction of sp³-hybridized carbons (Fsp3) is 0.667. The van der Waals surface area contributed by atoms with Crippen molar-refractivity contribution in [3.8, 4) is 0 Å². The number of nitrogens with one attached hydrogen (secondary N) is 1. The van der Waals surface area contributed by atoms with Crippen molar-refractivity contribution >= 4 is 11.8 Å². The van der Waals surface area contributed by atoms with Gasteiger partial charge in [0.2, 0.25) is 0 Å². The molecule has 0 saturated heterocycles. The molecule has 1 nitrogen and oxygen atoms in total. The molecule has 1 atom stereocenters. The second kappa shape index (κ2) is 8.74. The lowest BCUT2D eigenvalue weighted by molar-refractivity contribution is 0.291. The minimum Gasteiger partial charge on any atom is -0.310 e. The highest BCUT2D eigenvalue weighted by Crippen LogP contribution is 2.25. The molecule has 0 heterocycles. The van der Waals surface area contributed by atoms with E-state index < -0.39 is 0 Å². The van der Waals surface area contributed by atoms with Crippen molar-refractivity contribution in [1.82, 2.24) is 5.32 Å². The number of benzene rings is 1. The molecule has 20 heavy (non-hydrogen) atoms. The van der Waals surface area contributed by atoms with Crippen molar-refractivity contribution < 1.29 is 0 Å². The van der Waals surface area contributed by atoms with Gasteiger partial charge in [-0.25, -0.2) is 0 Å². The van der Waals surface area contributed by atoms with Gasteiger partial charge < -0.3 is 5.32 Å². The normalized spacial score (nSPS) is 13.4. The Labute approximate surface area is 129 Å². The predicted octanol–water partition coefficient (Wildman–Crippen LogP) is 5.67. The van der Waals surface area contributed by atoms with Gasteiger partial charge in [-0.15, -0.1) is 11.8 Å². The van der Waals surface area contributed by atoms with E-state index in [0.717, 1.165) is 6.54 Å². The molecule has 1 N–H and O–H groups in total. The van der Waals surface area contributed by atoms with Gasteiger partial charge in [-0.1, -0.05) is 52.2 Å². The Morgan fingerprint density at radius 1 is 1.15 bits per heavy atom. The zero-order valence-electron chi connectivity index (χ0n) is 13.8. The molecule has 1 aromatic carbocycles. The van der Waals surface area contributed by atoms with Gasteiger partial charge in [-0.2, -0.15) is 0 Å². The zero-order chi connectivity index (χ0) is 15.0. The van der Waals surface area contributed by atoms with Crippen molar-refractivity contribution in [1.29, 1.82) is 0 Å². The summed E-state index contributed by atoms with van der Waals surface area (Å²) in [4.78, 5) is 1.33. The van der Waals surface area contributed by atoms with Crippen LogP contribution in [0.4, 0.5) is 0 Å². The number of hydrogen-bond donors (Lipinski definition) is 1. The van der Waals surface area contributed by atoms with Gasteiger partial charge in [0.05, 0.1) is 0 Å². The SMILES string of the molecule is CCCCCC(C)(C)CNC(C)c1ccc(SC)cc1. The summed E-state index contributed by atoms with van der Waals surface area (Å²) in [6.07, 6.45) is 7.44. The van der Waals surface area contributed by atoms with Crippen LogP contribution in [0, 0.1) is 5.41 Å². The quantitative estimate of drug-likeness (QED) is 0.465. The molecule has 0 radical (unpaired) electrons. The van der Waals surface area contributed by atoms with Crippen LogP contribution in [0.25, 0.3) is 0 Å². The lowest BCUT2D eigenvalue weighted by atomic mass is 9.86. The van der Waals surface area contributed by atoms with Gasteiger partial charge in [0.1, 0.15) is 0 Å². The molecular formula is C18H31NS. The molecule has 0 aliphatic heterocycles. The predicted molar refractivity (Wildman–Crippen MR) is 92.6 cm³/mol. The van der Waals surface area contributed by atoms with E-state index in [4.69, 9.17) is 0 Å². The molecule has 2 heteroatoms. The highest BCUT2D eigenvalue weighted by atomic mass is 32.2. The van der Waals surface area contributed by atoms with Crippen LogP contribution < -0.4 is 5.32 Å². The molecule has 0 aliphatic carbocycles. The summed E-state index contributed by atoms with van der Waals surface area (Å²) in [5.74, 6) is 0. The average Bonchev–Trinajstić information content (AvgIpc) is 2.45. The fourth-order valence-corrected chi connectivity index (χ4v) is 2.79. The van der Waals surface area contributed by atoms with E-state index >= 15 is 0 Å². The van der Waals surface area contributed by atoms with E-state index in [1.807, 2.05) is 0 Å². The van der Waals surface area contributed by atoms with Gasteiger partial charge in [0.25, 0.3) is 0 Å². The van der Waals surface area contributed by atoms with Crippen LogP contribution in [0.3, 0.4) is 0 Å². The standard InChI is InChI=1S/C18H31NS/c1-6-7-8-13-18(3,4)14-19-15(2)16-9-11-17(20-5)12-10-16/h9-12,15,19H,6-8,13-14H2,1-5H3. The summed E-state index contributed by atoms with van der Waals surface area (Å²) in [5, 5.41) is 3.70. The average molecular weight is 294 g/mol. The Morgan fingerprint density at radius 2 is 1.80 bits per heavy atom. The first-order valence-corrected chi connectivity index (χ1v) is 9.08. The number of unbranched alkanes of at least 4 members (excludes halogenated alkanes) is 2. The van der Waals surface area contributed by atoms with Crippen molar-refractivity contribution in [3.05, 3.63) is 29.8 Å². The van der Waals surface area contributed by atoms with Crippen LogP contribution in [-0.2, 0) is 0 Å². The van der Waals surface area contributed by atoms with Crippen LogP contribution in [0.15, 0.2) is 29.2 Å². The van der Waals surface area contributed by atoms with Crippen LogP contribution >= 0.6 is 11.8 Å². The lowest BCUT2D eigenvalue weighted by Crippen LogP contribution is -2.31. The number of rotatable bonds is 9. The Morgan fingerprint density at radius 3 is 2.35 bits per heavy atom. The molecule has 0 saturated carbocycles. The monoisotopic (exact) mass is 293 g/mol. The third kappa shape index (κ3) is 6.32. The maximum atomic E-state index is 3.70. The smallest absolute Gasteiger partial charge is 0.0292 e. The van der Waals surface area contributed by atoms with E-state index in [1.165, 1.54) is 36.1 Å². The Balaban J connectivity index is 2.42. The highest BCUT2D eigenvalue weighted by Gasteiger charge is 2.18. The number of thioether (sulfide) groups is 1. The minimum atomic E-state index is 0.392. The Bertz CT molecular complexity index is 370. The van der Waals surface area contributed by atoms with Gasteiger partial charge in [0, 0.05) is 17.5 Å². The second-order valence-corrected chi connectivity index (χ2v) is 7.38. The Kier molecular flexibility index (Phi) is 7.68. The molecule has 1 unspecified atom stereocenters. The number of hydrogen-bond acceptors (Lipinski definition) is 2. The largest absolute Gasteiger partial charge is 0.310 e. The van der Waals surface area contributed by atoms with Gasteiger partial charge in [-0.05, 0) is 42.7 Å². The first kappa shape index (κ1) is 17.6. The van der Waals surface area contributed by atoms with Gasteiger partial charge in [-0.3, -0.25) is 0 Å². The molecule has 1 rings (SSSR count). The van der Waals surface area contributed by atoms with Gasteiger partial charge >= 0.3 is 0 Å². The molecule has 0 bridgehead atoms. The molecule has 0 amide bonds. The maximum Gasteiger partial charge on any atom is 0.0292 e. The van der Waals surface area contributed by atoms with Crippen molar-refractivity contribution in [3.63, 3.8) is 0 Å². The van der Waals surface area contributed by atoms with Crippen LogP contribution in [0.1, 0.15) is 65.0 Å². The second-order valence-electron chi connectivity index (χ2n) is 6.50. The van der Waals surface area contributed by atoms with Crippen molar-refractivity contribution in [2.75, 3.05) is 12.8 Å². The minimum absolute atomic E-state index is 0.392. The first-order chi connectivity index (χ1) is 9.48. The van der Waals surface area contributed by atoms with E-state index in [0.29, 0.717) is 11.5 Å². The van der Waals surface area contributed by atoms with Crippen molar-refractivity contribution in [2.45, 2.75) is 64.3 Å². The third-order valence-electron chi connectivity index (χ3n) is 3.96. The summed E-state index contributed by atoms with van der Waals surface area (Å²) >= 11 is 1.80. The molecule has 0 fully saturated rings. The summed E-state index contributed by atoms with van der Waals surface area (Å²) in [5.41, 5.74) is 1.77. The molecule has 1 aromatic rings. The van der Waals surface area contributed by atoms with Crippen LogP contribution in [-0.4, -0.2) is 12.8 Å². The lowest BCUT2D eigenvalue weighted by Gasteiger charge is -2.27. The van der Waals surface area contributed by atoms with E-state index in [9.17, 15) is 0 Å². The van der Waals surface area contributed by atoms with Crippen molar-refractivity contribution in [2.24, 2.45) is 5.41 Å². The maximum absolute atomic E-state index is 3.70. The van der Waals surface area contributed by atoms with E-state index in [-0.39, 0.29) is 0 Å². The summed E-state index contributed by atoms with van der Waals surface area (Å²) in [6.45, 7) is 10.4. The van der Waals surface area contributed by atoms with Crippen LogP contribution in [0.5, 0.6) is 0 Å². The molecule has 0 spiro atoms. The van der Waals surface area contributed by atoms with E-state index in [1.54, 1.807) is 11.8 Å². The van der Waals surface area contributed by atoms with Gasteiger partial charge in [0.15, 0.2) is 0 Å².